The number of hydrogen-bond donors (Lipinski definition) is 1. The van der Waals surface area contributed by atoms with Crippen LogP contribution in [0.2, 0.25) is 0 Å². The summed E-state index contributed by atoms with van der Waals surface area (Å²) in [5, 5.41) is 1.00. The van der Waals surface area contributed by atoms with E-state index in [0.29, 0.717) is 6.42 Å². The van der Waals surface area contributed by atoms with Crippen molar-refractivity contribution in [2.45, 2.75) is 19.4 Å². The zero-order valence-corrected chi connectivity index (χ0v) is 12.4. The first-order valence-electron chi connectivity index (χ1n) is 6.72. The molecule has 0 aliphatic heterocycles. The molecule has 108 valence electrons. The van der Waals surface area contributed by atoms with Crippen molar-refractivity contribution in [1.82, 2.24) is 0 Å². The van der Waals surface area contributed by atoms with Crippen LogP contribution in [-0.2, 0) is 6.42 Å². The lowest BCUT2D eigenvalue weighted by molar-refractivity contribution is 0.624. The molecule has 1 atom stereocenters. The van der Waals surface area contributed by atoms with E-state index in [1.165, 1.54) is 35.6 Å². The molecule has 3 aromatic rings. The van der Waals surface area contributed by atoms with E-state index in [1.807, 2.05) is 13.0 Å². The lowest BCUT2D eigenvalue weighted by Crippen LogP contribution is -2.12. The maximum absolute atomic E-state index is 13.2. The summed E-state index contributed by atoms with van der Waals surface area (Å²) in [4.78, 5) is 1.01. The highest BCUT2D eigenvalue weighted by Crippen LogP contribution is 2.31. The summed E-state index contributed by atoms with van der Waals surface area (Å²) < 4.78 is 27.2. The van der Waals surface area contributed by atoms with Crippen LogP contribution in [0.1, 0.15) is 22.0 Å². The van der Waals surface area contributed by atoms with E-state index < -0.39 is 0 Å². The quantitative estimate of drug-likeness (QED) is 0.743. The van der Waals surface area contributed by atoms with E-state index in [9.17, 15) is 8.78 Å². The van der Waals surface area contributed by atoms with Gasteiger partial charge >= 0.3 is 0 Å². The van der Waals surface area contributed by atoms with Gasteiger partial charge in [-0.05, 0) is 60.2 Å². The summed E-state index contributed by atoms with van der Waals surface area (Å²) in [5.41, 5.74) is 8.19. The predicted molar refractivity (Wildman–Crippen MR) is 83.6 cm³/mol. The number of halogens is 2. The van der Waals surface area contributed by atoms with Gasteiger partial charge in [-0.2, -0.15) is 0 Å². The molecule has 2 aromatic carbocycles. The second-order valence-corrected chi connectivity index (χ2v) is 6.33. The van der Waals surface area contributed by atoms with Gasteiger partial charge in [0.2, 0.25) is 0 Å². The molecule has 1 unspecified atom stereocenters. The number of nitrogens with two attached hydrogens (primary N) is 1. The second kappa shape index (κ2) is 5.54. The van der Waals surface area contributed by atoms with Crippen LogP contribution in [0.3, 0.4) is 0 Å². The van der Waals surface area contributed by atoms with Crippen molar-refractivity contribution in [3.05, 3.63) is 70.1 Å². The van der Waals surface area contributed by atoms with Crippen molar-refractivity contribution in [3.63, 3.8) is 0 Å². The third kappa shape index (κ3) is 2.96. The van der Waals surface area contributed by atoms with Gasteiger partial charge in [-0.25, -0.2) is 8.78 Å². The Bertz CT molecular complexity index is 795. The van der Waals surface area contributed by atoms with Crippen LogP contribution in [0.15, 0.2) is 42.5 Å². The number of thiophene rings is 1. The first kappa shape index (κ1) is 14.2. The Morgan fingerprint density at radius 3 is 2.52 bits per heavy atom. The zero-order valence-electron chi connectivity index (χ0n) is 11.6. The molecule has 21 heavy (non-hydrogen) atoms. The monoisotopic (exact) mass is 303 g/mol. The van der Waals surface area contributed by atoms with Crippen LogP contribution >= 0.6 is 11.3 Å². The largest absolute Gasteiger partial charge is 0.323 e. The van der Waals surface area contributed by atoms with E-state index in [0.717, 1.165) is 26.1 Å². The van der Waals surface area contributed by atoms with E-state index in [4.69, 9.17) is 5.73 Å². The maximum atomic E-state index is 13.2. The first-order valence-corrected chi connectivity index (χ1v) is 7.54. The molecule has 1 aromatic heterocycles. The van der Waals surface area contributed by atoms with Gasteiger partial charge in [-0.1, -0.05) is 12.1 Å². The third-order valence-electron chi connectivity index (χ3n) is 3.61. The standard InChI is InChI=1S/C17H15F2NS/c1-10-6-13(18)4-2-11(10)7-15(20)17-8-12-3-5-14(19)9-16(12)21-17/h2-6,8-9,15H,7,20H2,1H3. The van der Waals surface area contributed by atoms with Gasteiger partial charge in [0.15, 0.2) is 0 Å². The first-order chi connectivity index (χ1) is 10.0. The molecule has 0 saturated heterocycles. The lowest BCUT2D eigenvalue weighted by Gasteiger charge is -2.11. The van der Waals surface area contributed by atoms with E-state index >= 15 is 0 Å². The second-order valence-electron chi connectivity index (χ2n) is 5.21. The van der Waals surface area contributed by atoms with Crippen molar-refractivity contribution in [2.75, 3.05) is 0 Å². The van der Waals surface area contributed by atoms with Gasteiger partial charge in [0.25, 0.3) is 0 Å². The average Bonchev–Trinajstić information content (AvgIpc) is 2.85. The molecule has 1 nitrogen and oxygen atoms in total. The van der Waals surface area contributed by atoms with Crippen LogP contribution in [0.4, 0.5) is 8.78 Å². The summed E-state index contributed by atoms with van der Waals surface area (Å²) in [5.74, 6) is -0.471. The highest BCUT2D eigenvalue weighted by atomic mass is 32.1. The number of aryl methyl sites for hydroxylation is 1. The van der Waals surface area contributed by atoms with E-state index in [1.54, 1.807) is 12.1 Å². The highest BCUT2D eigenvalue weighted by Gasteiger charge is 2.13. The third-order valence-corrected chi connectivity index (χ3v) is 4.84. The average molecular weight is 303 g/mol. The molecule has 0 aliphatic rings. The SMILES string of the molecule is Cc1cc(F)ccc1CC(N)c1cc2ccc(F)cc2s1. The van der Waals surface area contributed by atoms with Crippen molar-refractivity contribution in [2.24, 2.45) is 5.73 Å². The summed E-state index contributed by atoms with van der Waals surface area (Å²) in [6, 6.07) is 11.3. The molecular formula is C17H15F2NS. The Morgan fingerprint density at radius 2 is 1.76 bits per heavy atom. The van der Waals surface area contributed by atoms with Crippen molar-refractivity contribution < 1.29 is 8.78 Å². The Hall–Kier alpha value is -1.78. The minimum absolute atomic E-state index is 0.172. The van der Waals surface area contributed by atoms with Crippen LogP contribution in [0.5, 0.6) is 0 Å². The molecule has 0 bridgehead atoms. The molecule has 0 spiro atoms. The summed E-state index contributed by atoms with van der Waals surface area (Å²) in [6.45, 7) is 1.88. The molecule has 0 aliphatic carbocycles. The Labute approximate surface area is 126 Å². The minimum atomic E-state index is -0.237. The number of hydrogen-bond acceptors (Lipinski definition) is 2. The van der Waals surface area contributed by atoms with Gasteiger partial charge in [0.1, 0.15) is 11.6 Å². The zero-order chi connectivity index (χ0) is 15.0. The molecular weight excluding hydrogens is 288 g/mol. The molecule has 0 fully saturated rings. The smallest absolute Gasteiger partial charge is 0.124 e. The van der Waals surface area contributed by atoms with E-state index in [-0.39, 0.29) is 17.7 Å². The predicted octanol–water partition coefficient (Wildman–Crippen LogP) is 4.73. The Kier molecular flexibility index (Phi) is 3.74. The molecule has 2 N–H and O–H groups in total. The van der Waals surface area contributed by atoms with Gasteiger partial charge < -0.3 is 5.73 Å². The van der Waals surface area contributed by atoms with Gasteiger partial charge in [-0.15, -0.1) is 11.3 Å². The molecule has 0 amide bonds. The molecule has 4 heteroatoms. The lowest BCUT2D eigenvalue weighted by atomic mass is 10.0. The molecule has 1 heterocycles. The van der Waals surface area contributed by atoms with Crippen molar-refractivity contribution in [1.29, 1.82) is 0 Å². The summed E-state index contributed by atoms with van der Waals surface area (Å²) in [6.07, 6.45) is 0.640. The van der Waals surface area contributed by atoms with Gasteiger partial charge in [0, 0.05) is 15.6 Å². The van der Waals surface area contributed by atoms with Crippen LogP contribution in [0, 0.1) is 18.6 Å². The topological polar surface area (TPSA) is 26.0 Å². The summed E-state index contributed by atoms with van der Waals surface area (Å²) in [7, 11) is 0. The van der Waals surface area contributed by atoms with Crippen molar-refractivity contribution in [3.8, 4) is 0 Å². The van der Waals surface area contributed by atoms with E-state index in [2.05, 4.69) is 0 Å². The number of benzene rings is 2. The molecule has 0 saturated carbocycles. The fourth-order valence-corrected chi connectivity index (χ4v) is 3.52. The van der Waals surface area contributed by atoms with Crippen LogP contribution in [-0.4, -0.2) is 0 Å². The molecule has 3 rings (SSSR count). The normalized spacial score (nSPS) is 12.8. The minimum Gasteiger partial charge on any atom is -0.323 e. The van der Waals surface area contributed by atoms with Crippen LogP contribution in [0.25, 0.3) is 10.1 Å². The fraction of sp³-hybridized carbons (Fsp3) is 0.176. The Morgan fingerprint density at radius 1 is 1.05 bits per heavy atom. The molecule has 0 radical (unpaired) electrons. The maximum Gasteiger partial charge on any atom is 0.124 e. The van der Waals surface area contributed by atoms with Gasteiger partial charge in [0.05, 0.1) is 0 Å². The fourth-order valence-electron chi connectivity index (χ4n) is 2.43. The van der Waals surface area contributed by atoms with Crippen LogP contribution < -0.4 is 5.73 Å². The number of rotatable bonds is 3. The van der Waals surface area contributed by atoms with Gasteiger partial charge in [-0.3, -0.25) is 0 Å². The van der Waals surface area contributed by atoms with Crippen molar-refractivity contribution >= 4 is 21.4 Å². The highest BCUT2D eigenvalue weighted by molar-refractivity contribution is 7.19. The number of fused-ring (bicyclic) bond motifs is 1. The Balaban J connectivity index is 1.87. The summed E-state index contributed by atoms with van der Waals surface area (Å²) >= 11 is 1.51.